The molecule has 0 aliphatic heterocycles. The first-order valence-electron chi connectivity index (χ1n) is 3.55. The van der Waals surface area contributed by atoms with Crippen LogP contribution in [0.25, 0.3) is 0 Å². The normalized spacial score (nSPS) is 25.7. The highest BCUT2D eigenvalue weighted by atomic mass is 16.3. The summed E-state index contributed by atoms with van der Waals surface area (Å²) in [5, 5.41) is 12.2. The minimum Gasteiger partial charge on any atom is -0.392 e. The van der Waals surface area contributed by atoms with Crippen LogP contribution < -0.4 is 5.32 Å². The third-order valence-electron chi connectivity index (χ3n) is 1.82. The summed E-state index contributed by atoms with van der Waals surface area (Å²) in [6, 6.07) is 0. The topological polar surface area (TPSA) is 32.3 Å². The Balaban J connectivity index is 2.05. The lowest BCUT2D eigenvalue weighted by molar-refractivity contribution is 0.185. The van der Waals surface area contributed by atoms with Crippen LogP contribution in [0.5, 0.6) is 0 Å². The Kier molecular flexibility index (Phi) is 1.78. The second kappa shape index (κ2) is 2.27. The van der Waals surface area contributed by atoms with Gasteiger partial charge in [-0.05, 0) is 26.7 Å². The second-order valence-electron chi connectivity index (χ2n) is 3.29. The summed E-state index contributed by atoms with van der Waals surface area (Å²) >= 11 is 0. The Morgan fingerprint density at radius 1 is 1.67 bits per heavy atom. The summed E-state index contributed by atoms with van der Waals surface area (Å²) in [7, 11) is 0. The second-order valence-corrected chi connectivity index (χ2v) is 3.29. The van der Waals surface area contributed by atoms with Crippen molar-refractivity contribution in [2.75, 3.05) is 6.54 Å². The molecular weight excluding hydrogens is 114 g/mol. The van der Waals surface area contributed by atoms with Gasteiger partial charge in [0.1, 0.15) is 0 Å². The summed E-state index contributed by atoms with van der Waals surface area (Å²) in [6.07, 6.45) is 2.32. The first-order valence-corrected chi connectivity index (χ1v) is 3.55. The molecule has 0 spiro atoms. The molecule has 1 unspecified atom stereocenters. The van der Waals surface area contributed by atoms with Crippen molar-refractivity contribution in [2.24, 2.45) is 0 Å². The Bertz CT molecular complexity index is 97.1. The van der Waals surface area contributed by atoms with E-state index in [2.05, 4.69) is 12.2 Å². The van der Waals surface area contributed by atoms with Crippen molar-refractivity contribution in [3.8, 4) is 0 Å². The summed E-state index contributed by atoms with van der Waals surface area (Å²) in [5.41, 5.74) is 0.372. The molecule has 0 radical (unpaired) electrons. The minimum absolute atomic E-state index is 0.206. The predicted octanol–water partition coefficient (Wildman–Crippen LogP) is 0.509. The largest absolute Gasteiger partial charge is 0.392 e. The first-order chi connectivity index (χ1) is 4.12. The van der Waals surface area contributed by atoms with E-state index in [1.54, 1.807) is 6.92 Å². The van der Waals surface area contributed by atoms with E-state index in [0.717, 1.165) is 6.54 Å². The fraction of sp³-hybridized carbons (Fsp3) is 1.00. The molecule has 1 rings (SSSR count). The molecule has 54 valence electrons. The van der Waals surface area contributed by atoms with E-state index >= 15 is 0 Å². The minimum atomic E-state index is -0.206. The molecule has 1 aliphatic rings. The average molecular weight is 129 g/mol. The van der Waals surface area contributed by atoms with E-state index in [-0.39, 0.29) is 6.10 Å². The molecule has 0 heterocycles. The SMILES string of the molecule is CC(O)CNC1(C)CC1. The van der Waals surface area contributed by atoms with Crippen LogP contribution in [-0.4, -0.2) is 23.3 Å². The molecule has 1 saturated carbocycles. The van der Waals surface area contributed by atoms with Gasteiger partial charge in [-0.1, -0.05) is 0 Å². The van der Waals surface area contributed by atoms with Crippen molar-refractivity contribution in [3.63, 3.8) is 0 Å². The molecule has 2 heteroatoms. The van der Waals surface area contributed by atoms with Crippen molar-refractivity contribution in [1.29, 1.82) is 0 Å². The highest BCUT2D eigenvalue weighted by molar-refractivity contribution is 4.97. The average Bonchev–Trinajstić information content (AvgIpc) is 2.45. The summed E-state index contributed by atoms with van der Waals surface area (Å²) in [5.74, 6) is 0. The molecule has 0 aromatic carbocycles. The summed E-state index contributed by atoms with van der Waals surface area (Å²) < 4.78 is 0. The van der Waals surface area contributed by atoms with Gasteiger partial charge in [0, 0.05) is 12.1 Å². The smallest absolute Gasteiger partial charge is 0.0636 e. The fourth-order valence-corrected chi connectivity index (χ4v) is 0.758. The molecule has 0 aromatic heterocycles. The monoisotopic (exact) mass is 129 g/mol. The molecule has 9 heavy (non-hydrogen) atoms. The lowest BCUT2D eigenvalue weighted by atomic mass is 10.3. The Hall–Kier alpha value is -0.0800. The number of hydrogen-bond acceptors (Lipinski definition) is 2. The standard InChI is InChI=1S/C7H15NO/c1-6(9)5-8-7(2)3-4-7/h6,8-9H,3-5H2,1-2H3. The molecule has 1 fully saturated rings. The number of rotatable bonds is 3. The van der Waals surface area contributed by atoms with Crippen molar-refractivity contribution in [1.82, 2.24) is 5.32 Å². The van der Waals surface area contributed by atoms with Crippen LogP contribution >= 0.6 is 0 Å². The molecule has 1 aliphatic carbocycles. The van der Waals surface area contributed by atoms with E-state index in [1.807, 2.05) is 0 Å². The zero-order valence-electron chi connectivity index (χ0n) is 6.15. The highest BCUT2D eigenvalue weighted by Gasteiger charge is 2.36. The van der Waals surface area contributed by atoms with Gasteiger partial charge in [0.05, 0.1) is 6.10 Å². The highest BCUT2D eigenvalue weighted by Crippen LogP contribution is 2.33. The van der Waals surface area contributed by atoms with Gasteiger partial charge in [0.15, 0.2) is 0 Å². The lowest BCUT2D eigenvalue weighted by Crippen LogP contribution is -2.33. The van der Waals surface area contributed by atoms with Crippen molar-refractivity contribution >= 4 is 0 Å². The fourth-order valence-electron chi connectivity index (χ4n) is 0.758. The van der Waals surface area contributed by atoms with Gasteiger partial charge in [-0.15, -0.1) is 0 Å². The zero-order valence-corrected chi connectivity index (χ0v) is 6.15. The zero-order chi connectivity index (χ0) is 6.91. The summed E-state index contributed by atoms with van der Waals surface area (Å²) in [4.78, 5) is 0. The Morgan fingerprint density at radius 3 is 2.56 bits per heavy atom. The van der Waals surface area contributed by atoms with E-state index in [9.17, 15) is 0 Å². The summed E-state index contributed by atoms with van der Waals surface area (Å²) in [6.45, 7) is 4.73. The van der Waals surface area contributed by atoms with Crippen molar-refractivity contribution in [3.05, 3.63) is 0 Å². The van der Waals surface area contributed by atoms with Gasteiger partial charge >= 0.3 is 0 Å². The van der Waals surface area contributed by atoms with Crippen LogP contribution in [0.3, 0.4) is 0 Å². The lowest BCUT2D eigenvalue weighted by Gasteiger charge is -2.11. The first kappa shape index (κ1) is 7.03. The van der Waals surface area contributed by atoms with Gasteiger partial charge in [-0.25, -0.2) is 0 Å². The van der Waals surface area contributed by atoms with Crippen molar-refractivity contribution < 1.29 is 5.11 Å². The number of aliphatic hydroxyl groups excluding tert-OH is 1. The molecule has 0 amide bonds. The number of nitrogens with one attached hydrogen (secondary N) is 1. The van der Waals surface area contributed by atoms with Gasteiger partial charge in [0.2, 0.25) is 0 Å². The number of aliphatic hydroxyl groups is 1. The van der Waals surface area contributed by atoms with E-state index in [1.165, 1.54) is 12.8 Å². The van der Waals surface area contributed by atoms with Crippen LogP contribution in [0.15, 0.2) is 0 Å². The maximum atomic E-state index is 8.88. The number of β-amino-alcohol motifs (C(OH)–C–C–N with tert-alkyl or cyclic N) is 1. The van der Waals surface area contributed by atoms with Gasteiger partial charge in [-0.3, -0.25) is 0 Å². The maximum Gasteiger partial charge on any atom is 0.0636 e. The van der Waals surface area contributed by atoms with E-state index in [4.69, 9.17) is 5.11 Å². The molecule has 0 aromatic rings. The number of hydrogen-bond donors (Lipinski definition) is 2. The maximum absolute atomic E-state index is 8.88. The van der Waals surface area contributed by atoms with Crippen LogP contribution in [0.4, 0.5) is 0 Å². The third kappa shape index (κ3) is 2.33. The van der Waals surface area contributed by atoms with Crippen LogP contribution in [0.1, 0.15) is 26.7 Å². The molecule has 1 atom stereocenters. The van der Waals surface area contributed by atoms with Crippen LogP contribution in [-0.2, 0) is 0 Å². The van der Waals surface area contributed by atoms with Gasteiger partial charge in [0.25, 0.3) is 0 Å². The quantitative estimate of drug-likeness (QED) is 0.582. The van der Waals surface area contributed by atoms with Crippen LogP contribution in [0.2, 0.25) is 0 Å². The van der Waals surface area contributed by atoms with Crippen molar-refractivity contribution in [2.45, 2.75) is 38.3 Å². The Labute approximate surface area is 56.3 Å². The molecule has 0 saturated heterocycles. The molecule has 2 N–H and O–H groups in total. The van der Waals surface area contributed by atoms with Gasteiger partial charge < -0.3 is 10.4 Å². The predicted molar refractivity (Wildman–Crippen MR) is 37.3 cm³/mol. The van der Waals surface area contributed by atoms with E-state index < -0.39 is 0 Å². The van der Waals surface area contributed by atoms with E-state index in [0.29, 0.717) is 5.54 Å². The molecule has 2 nitrogen and oxygen atoms in total. The third-order valence-corrected chi connectivity index (χ3v) is 1.82. The van der Waals surface area contributed by atoms with Crippen LogP contribution in [0, 0.1) is 0 Å². The molecule has 0 bridgehead atoms. The molecular formula is C7H15NO. The Morgan fingerprint density at radius 2 is 2.22 bits per heavy atom. The van der Waals surface area contributed by atoms with Gasteiger partial charge in [-0.2, -0.15) is 0 Å².